The van der Waals surface area contributed by atoms with E-state index in [-0.39, 0.29) is 4.83 Å². The van der Waals surface area contributed by atoms with E-state index in [1.54, 1.807) is 6.92 Å². The van der Waals surface area contributed by atoms with Crippen molar-refractivity contribution in [2.75, 3.05) is 0 Å². The van der Waals surface area contributed by atoms with E-state index in [1.165, 1.54) is 0 Å². The van der Waals surface area contributed by atoms with Crippen molar-refractivity contribution >= 4 is 15.9 Å². The van der Waals surface area contributed by atoms with Gasteiger partial charge < -0.3 is 10.2 Å². The minimum absolute atomic E-state index is 0.225. The number of rotatable bonds is 1. The molecule has 0 aliphatic carbocycles. The van der Waals surface area contributed by atoms with E-state index < -0.39 is 6.29 Å². The zero-order valence-electron chi connectivity index (χ0n) is 3.43. The molecule has 0 bridgehead atoms. The first-order valence-corrected chi connectivity index (χ1v) is 2.56. The van der Waals surface area contributed by atoms with Gasteiger partial charge in [0.05, 0.1) is 4.83 Å². The van der Waals surface area contributed by atoms with Crippen LogP contribution < -0.4 is 0 Å². The summed E-state index contributed by atoms with van der Waals surface area (Å²) in [6.07, 6.45) is -1.23. The average molecular weight is 155 g/mol. The molecule has 3 heteroatoms. The highest BCUT2D eigenvalue weighted by Crippen LogP contribution is 1.99. The summed E-state index contributed by atoms with van der Waals surface area (Å²) in [4.78, 5) is -0.225. The van der Waals surface area contributed by atoms with Crippen LogP contribution in [0.15, 0.2) is 0 Å². The van der Waals surface area contributed by atoms with Crippen molar-refractivity contribution < 1.29 is 10.2 Å². The van der Waals surface area contributed by atoms with E-state index in [9.17, 15) is 0 Å². The van der Waals surface area contributed by atoms with E-state index in [0.29, 0.717) is 0 Å². The van der Waals surface area contributed by atoms with Crippen LogP contribution >= 0.6 is 15.9 Å². The third-order valence-corrected chi connectivity index (χ3v) is 0.884. The molecule has 0 aromatic heterocycles. The normalized spacial score (nSPS) is 15.5. The van der Waals surface area contributed by atoms with Gasteiger partial charge in [-0.2, -0.15) is 0 Å². The zero-order chi connectivity index (χ0) is 5.15. The molecule has 38 valence electrons. The van der Waals surface area contributed by atoms with Gasteiger partial charge in [-0.05, 0) is 6.92 Å². The van der Waals surface area contributed by atoms with Crippen LogP contribution in [0.4, 0.5) is 0 Å². The second-order valence-electron chi connectivity index (χ2n) is 1.09. The Hall–Kier alpha value is 0.400. The molecule has 0 rings (SSSR count). The number of alkyl halides is 1. The molecule has 0 aromatic carbocycles. The molecule has 2 N–H and O–H groups in total. The number of hydrogen-bond acceptors (Lipinski definition) is 2. The summed E-state index contributed by atoms with van der Waals surface area (Å²) >= 11 is 2.94. The topological polar surface area (TPSA) is 40.5 Å². The van der Waals surface area contributed by atoms with Gasteiger partial charge in [0.1, 0.15) is 0 Å². The number of hydrogen-bond donors (Lipinski definition) is 2. The predicted octanol–water partition coefficient (Wildman–Crippen LogP) is 0.0805. The maximum Gasteiger partial charge on any atom is 0.163 e. The summed E-state index contributed by atoms with van der Waals surface area (Å²) in [5.74, 6) is 0. The molecule has 0 aliphatic heterocycles. The maximum absolute atomic E-state index is 8.14. The van der Waals surface area contributed by atoms with Crippen molar-refractivity contribution in [1.29, 1.82) is 0 Å². The van der Waals surface area contributed by atoms with Crippen LogP contribution in [-0.2, 0) is 0 Å². The fourth-order valence-corrected chi connectivity index (χ4v) is 0. The fourth-order valence-electron chi connectivity index (χ4n) is 0. The summed E-state index contributed by atoms with van der Waals surface area (Å²) in [6.45, 7) is 1.66. The predicted molar refractivity (Wildman–Crippen MR) is 26.6 cm³/mol. The van der Waals surface area contributed by atoms with Gasteiger partial charge in [-0.15, -0.1) is 0 Å². The molecular formula is C3H7BrO2. The Morgan fingerprint density at radius 1 is 1.50 bits per heavy atom. The first kappa shape index (κ1) is 6.40. The van der Waals surface area contributed by atoms with Gasteiger partial charge in [-0.3, -0.25) is 0 Å². The summed E-state index contributed by atoms with van der Waals surface area (Å²) in [7, 11) is 0. The Labute approximate surface area is 44.9 Å². The van der Waals surface area contributed by atoms with Gasteiger partial charge in [0.15, 0.2) is 6.29 Å². The second kappa shape index (κ2) is 2.55. The number of aliphatic hydroxyl groups excluding tert-OH is 1. The lowest BCUT2D eigenvalue weighted by Gasteiger charge is -2.01. The van der Waals surface area contributed by atoms with Crippen LogP contribution in [-0.4, -0.2) is 21.3 Å². The molecule has 1 unspecified atom stereocenters. The van der Waals surface area contributed by atoms with E-state index in [4.69, 9.17) is 10.2 Å². The lowest BCUT2D eigenvalue weighted by atomic mass is 10.5. The molecule has 0 aromatic rings. The van der Waals surface area contributed by atoms with E-state index in [1.807, 2.05) is 0 Å². The molecule has 0 spiro atoms. The maximum atomic E-state index is 8.14. The first-order chi connectivity index (χ1) is 2.64. The molecule has 0 amide bonds. The van der Waals surface area contributed by atoms with Gasteiger partial charge in [-0.1, -0.05) is 15.9 Å². The molecule has 0 heterocycles. The third kappa shape index (κ3) is 2.63. The fraction of sp³-hybridized carbons (Fsp3) is 1.00. The standard InChI is InChI=1S/C3H7BrO2/c1-2(4)3(5)6/h2-3,5-6H,1H3. The van der Waals surface area contributed by atoms with Crippen molar-refractivity contribution in [3.8, 4) is 0 Å². The Balaban J connectivity index is 2.99. The first-order valence-electron chi connectivity index (χ1n) is 1.65. The molecule has 0 fully saturated rings. The Bertz CT molecular complexity index is 29.8. The Morgan fingerprint density at radius 2 is 1.67 bits per heavy atom. The summed E-state index contributed by atoms with van der Waals surface area (Å²) in [6, 6.07) is 0. The van der Waals surface area contributed by atoms with Crippen molar-refractivity contribution in [2.24, 2.45) is 0 Å². The highest BCUT2D eigenvalue weighted by molar-refractivity contribution is 9.09. The zero-order valence-corrected chi connectivity index (χ0v) is 5.01. The molecule has 6 heavy (non-hydrogen) atoms. The second-order valence-corrected chi connectivity index (χ2v) is 2.54. The van der Waals surface area contributed by atoms with Gasteiger partial charge in [0, 0.05) is 0 Å². The molecular weight excluding hydrogens is 148 g/mol. The molecule has 0 saturated carbocycles. The van der Waals surface area contributed by atoms with Gasteiger partial charge in [0.25, 0.3) is 0 Å². The number of aliphatic hydroxyl groups is 2. The van der Waals surface area contributed by atoms with Crippen LogP contribution in [0.2, 0.25) is 0 Å². The Morgan fingerprint density at radius 3 is 1.67 bits per heavy atom. The molecule has 0 aliphatic rings. The van der Waals surface area contributed by atoms with E-state index in [0.717, 1.165) is 0 Å². The smallest absolute Gasteiger partial charge is 0.163 e. The van der Waals surface area contributed by atoms with Crippen molar-refractivity contribution in [3.05, 3.63) is 0 Å². The van der Waals surface area contributed by atoms with Gasteiger partial charge in [0.2, 0.25) is 0 Å². The minimum atomic E-state index is -1.23. The highest BCUT2D eigenvalue weighted by Gasteiger charge is 2.02. The minimum Gasteiger partial charge on any atom is -0.367 e. The van der Waals surface area contributed by atoms with Crippen molar-refractivity contribution in [1.82, 2.24) is 0 Å². The Kier molecular flexibility index (Phi) is 2.72. The van der Waals surface area contributed by atoms with E-state index >= 15 is 0 Å². The van der Waals surface area contributed by atoms with Crippen molar-refractivity contribution in [2.45, 2.75) is 18.0 Å². The lowest BCUT2D eigenvalue weighted by Crippen LogP contribution is -2.14. The van der Waals surface area contributed by atoms with Crippen molar-refractivity contribution in [3.63, 3.8) is 0 Å². The molecule has 0 saturated heterocycles. The van der Waals surface area contributed by atoms with Gasteiger partial charge >= 0.3 is 0 Å². The van der Waals surface area contributed by atoms with Gasteiger partial charge in [-0.25, -0.2) is 0 Å². The lowest BCUT2D eigenvalue weighted by molar-refractivity contribution is -0.0353. The molecule has 0 radical (unpaired) electrons. The summed E-state index contributed by atoms with van der Waals surface area (Å²) in [5, 5.41) is 16.3. The molecule has 1 atom stereocenters. The summed E-state index contributed by atoms with van der Waals surface area (Å²) < 4.78 is 0. The van der Waals surface area contributed by atoms with Crippen LogP contribution in [0.3, 0.4) is 0 Å². The highest BCUT2D eigenvalue weighted by atomic mass is 79.9. The quantitative estimate of drug-likeness (QED) is 0.415. The van der Waals surface area contributed by atoms with Crippen LogP contribution in [0.25, 0.3) is 0 Å². The van der Waals surface area contributed by atoms with Crippen LogP contribution in [0.5, 0.6) is 0 Å². The average Bonchev–Trinajstić information content (AvgIpc) is 1.36. The molecule has 2 nitrogen and oxygen atoms in total. The third-order valence-electron chi connectivity index (χ3n) is 0.411. The summed E-state index contributed by atoms with van der Waals surface area (Å²) in [5.41, 5.74) is 0. The van der Waals surface area contributed by atoms with E-state index in [2.05, 4.69) is 15.9 Å². The van der Waals surface area contributed by atoms with Crippen LogP contribution in [0.1, 0.15) is 6.92 Å². The van der Waals surface area contributed by atoms with Crippen LogP contribution in [0, 0.1) is 0 Å². The monoisotopic (exact) mass is 154 g/mol. The SMILES string of the molecule is CC(Br)C(O)O. The number of halogens is 1. The largest absolute Gasteiger partial charge is 0.367 e.